The number of hydrogen-bond acceptors (Lipinski definition) is 1. The minimum absolute atomic E-state index is 0.0779. The van der Waals surface area contributed by atoms with Crippen LogP contribution in [-0.2, 0) is 4.79 Å². The minimum atomic E-state index is -0.413. The van der Waals surface area contributed by atoms with E-state index in [2.05, 4.69) is 6.92 Å². The molecule has 0 N–H and O–H groups in total. The lowest BCUT2D eigenvalue weighted by Gasteiger charge is -2.30. The topological polar surface area (TPSA) is 20.3 Å². The van der Waals surface area contributed by atoms with Gasteiger partial charge < -0.3 is 4.90 Å². The molecule has 1 saturated heterocycles. The number of nitrogens with zero attached hydrogens (tertiary/aromatic N) is 1. The third-order valence-corrected chi connectivity index (χ3v) is 3.69. The maximum absolute atomic E-state index is 13.5. The predicted molar refractivity (Wildman–Crippen MR) is 75.4 cm³/mol. The van der Waals surface area contributed by atoms with Crippen molar-refractivity contribution in [3.63, 3.8) is 0 Å². The normalized spacial score (nSPS) is 19.9. The first-order chi connectivity index (χ1) is 9.08. The van der Waals surface area contributed by atoms with Gasteiger partial charge in [0.15, 0.2) is 0 Å². The van der Waals surface area contributed by atoms with Gasteiger partial charge in [-0.05, 0) is 37.0 Å². The van der Waals surface area contributed by atoms with E-state index >= 15 is 0 Å². The van der Waals surface area contributed by atoms with Crippen LogP contribution in [-0.4, -0.2) is 23.9 Å². The summed E-state index contributed by atoms with van der Waals surface area (Å²) in [6.07, 6.45) is 5.05. The van der Waals surface area contributed by atoms with Crippen LogP contribution in [0.5, 0.6) is 0 Å². The molecule has 0 radical (unpaired) electrons. The molecule has 1 heterocycles. The van der Waals surface area contributed by atoms with Crippen LogP contribution in [0.3, 0.4) is 0 Å². The van der Waals surface area contributed by atoms with Gasteiger partial charge in [0, 0.05) is 24.7 Å². The second kappa shape index (κ2) is 6.20. The summed E-state index contributed by atoms with van der Waals surface area (Å²) in [4.78, 5) is 13.8. The van der Waals surface area contributed by atoms with E-state index < -0.39 is 5.82 Å². The highest BCUT2D eigenvalue weighted by molar-refractivity contribution is 6.32. The zero-order chi connectivity index (χ0) is 13.8. The van der Waals surface area contributed by atoms with E-state index in [0.29, 0.717) is 10.9 Å². The van der Waals surface area contributed by atoms with E-state index in [9.17, 15) is 9.18 Å². The molecule has 0 spiro atoms. The van der Waals surface area contributed by atoms with Gasteiger partial charge in [-0.2, -0.15) is 0 Å². The Morgan fingerprint density at radius 2 is 2.32 bits per heavy atom. The molecule has 1 amide bonds. The molecule has 0 aliphatic carbocycles. The van der Waals surface area contributed by atoms with Crippen molar-refractivity contribution < 1.29 is 9.18 Å². The van der Waals surface area contributed by atoms with Gasteiger partial charge in [-0.15, -0.1) is 0 Å². The van der Waals surface area contributed by atoms with Crippen LogP contribution in [0.2, 0.25) is 5.02 Å². The fourth-order valence-electron chi connectivity index (χ4n) is 2.32. The lowest BCUT2D eigenvalue weighted by Crippen LogP contribution is -2.38. The molecule has 4 heteroatoms. The maximum Gasteiger partial charge on any atom is 0.246 e. The first-order valence-corrected chi connectivity index (χ1v) is 6.86. The Morgan fingerprint density at radius 3 is 3.00 bits per heavy atom. The number of rotatable bonds is 2. The van der Waals surface area contributed by atoms with E-state index in [4.69, 9.17) is 11.6 Å². The quantitative estimate of drug-likeness (QED) is 0.756. The van der Waals surface area contributed by atoms with E-state index in [-0.39, 0.29) is 11.5 Å². The average Bonchev–Trinajstić information content (AvgIpc) is 2.38. The third-order valence-electron chi connectivity index (χ3n) is 3.36. The molecule has 0 saturated carbocycles. The van der Waals surface area contributed by atoms with E-state index in [1.807, 2.05) is 0 Å². The Hall–Kier alpha value is -1.35. The lowest BCUT2D eigenvalue weighted by atomic mass is 10.0. The van der Waals surface area contributed by atoms with Crippen molar-refractivity contribution in [2.45, 2.75) is 19.8 Å². The van der Waals surface area contributed by atoms with Crippen molar-refractivity contribution in [2.75, 3.05) is 13.1 Å². The van der Waals surface area contributed by atoms with Gasteiger partial charge in [0.05, 0.1) is 5.02 Å². The molecule has 0 aromatic heterocycles. The molecule has 0 bridgehead atoms. The Kier molecular flexibility index (Phi) is 4.59. The monoisotopic (exact) mass is 281 g/mol. The fourth-order valence-corrected chi connectivity index (χ4v) is 2.55. The summed E-state index contributed by atoms with van der Waals surface area (Å²) in [5, 5.41) is 0.316. The Labute approximate surface area is 117 Å². The number of carbonyl (C=O) groups is 1. The fraction of sp³-hybridized carbons (Fsp3) is 0.400. The second-order valence-corrected chi connectivity index (χ2v) is 5.41. The summed E-state index contributed by atoms with van der Waals surface area (Å²) in [5.41, 5.74) is 0.266. The van der Waals surface area contributed by atoms with Crippen LogP contribution in [0.4, 0.5) is 4.39 Å². The highest BCUT2D eigenvalue weighted by Gasteiger charge is 2.19. The minimum Gasteiger partial charge on any atom is -0.339 e. The van der Waals surface area contributed by atoms with Gasteiger partial charge in [0.2, 0.25) is 5.91 Å². The van der Waals surface area contributed by atoms with Crippen molar-refractivity contribution in [3.8, 4) is 0 Å². The zero-order valence-corrected chi connectivity index (χ0v) is 11.7. The Morgan fingerprint density at radius 1 is 1.53 bits per heavy atom. The van der Waals surface area contributed by atoms with Crippen molar-refractivity contribution in [2.24, 2.45) is 5.92 Å². The second-order valence-electron chi connectivity index (χ2n) is 5.00. The Balaban J connectivity index is 2.08. The van der Waals surface area contributed by atoms with Crippen LogP contribution in [0.25, 0.3) is 6.08 Å². The van der Waals surface area contributed by atoms with Crippen molar-refractivity contribution in [1.82, 2.24) is 4.90 Å². The molecule has 1 unspecified atom stereocenters. The highest BCUT2D eigenvalue weighted by Crippen LogP contribution is 2.21. The SMILES string of the molecule is CC1CCCN(C(=O)/C=C/c2c(F)cccc2Cl)C1. The van der Waals surface area contributed by atoms with Gasteiger partial charge in [0.1, 0.15) is 5.82 Å². The van der Waals surface area contributed by atoms with Crippen LogP contribution < -0.4 is 0 Å². The molecule has 2 rings (SSSR count). The molecular formula is C15H17ClFNO. The summed E-state index contributed by atoms with van der Waals surface area (Å²) in [5.74, 6) is 0.0394. The molecular weight excluding hydrogens is 265 g/mol. The first kappa shape index (κ1) is 14.1. The molecule has 1 aromatic rings. The summed E-state index contributed by atoms with van der Waals surface area (Å²) in [6, 6.07) is 4.49. The smallest absolute Gasteiger partial charge is 0.246 e. The van der Waals surface area contributed by atoms with Crippen LogP contribution in [0, 0.1) is 11.7 Å². The van der Waals surface area contributed by atoms with E-state index in [1.165, 1.54) is 18.2 Å². The van der Waals surface area contributed by atoms with Crippen molar-refractivity contribution in [1.29, 1.82) is 0 Å². The predicted octanol–water partition coefficient (Wildman–Crippen LogP) is 3.75. The van der Waals surface area contributed by atoms with Crippen molar-refractivity contribution >= 4 is 23.6 Å². The summed E-state index contributed by atoms with van der Waals surface area (Å²) in [7, 11) is 0. The molecule has 1 aliphatic rings. The van der Waals surface area contributed by atoms with Crippen LogP contribution in [0.1, 0.15) is 25.3 Å². The first-order valence-electron chi connectivity index (χ1n) is 6.49. The summed E-state index contributed by atoms with van der Waals surface area (Å²) < 4.78 is 13.5. The molecule has 1 fully saturated rings. The van der Waals surface area contributed by atoms with Crippen LogP contribution in [0.15, 0.2) is 24.3 Å². The van der Waals surface area contributed by atoms with Gasteiger partial charge in [-0.1, -0.05) is 24.6 Å². The number of hydrogen-bond donors (Lipinski definition) is 0. The average molecular weight is 282 g/mol. The van der Waals surface area contributed by atoms with Gasteiger partial charge in [0.25, 0.3) is 0 Å². The molecule has 102 valence electrons. The number of likely N-dealkylation sites (tertiary alicyclic amines) is 1. The number of amides is 1. The summed E-state index contributed by atoms with van der Waals surface area (Å²) >= 11 is 5.91. The highest BCUT2D eigenvalue weighted by atomic mass is 35.5. The van der Waals surface area contributed by atoms with Crippen molar-refractivity contribution in [3.05, 3.63) is 40.7 Å². The molecule has 1 aromatic carbocycles. The molecule has 19 heavy (non-hydrogen) atoms. The number of benzene rings is 1. The lowest BCUT2D eigenvalue weighted by molar-refractivity contribution is -0.127. The summed E-state index contributed by atoms with van der Waals surface area (Å²) in [6.45, 7) is 3.68. The van der Waals surface area contributed by atoms with Gasteiger partial charge in [-0.3, -0.25) is 4.79 Å². The Bertz CT molecular complexity index is 481. The number of piperidine rings is 1. The number of carbonyl (C=O) groups excluding carboxylic acids is 1. The maximum atomic E-state index is 13.5. The number of halogens is 2. The largest absolute Gasteiger partial charge is 0.339 e. The van der Waals surface area contributed by atoms with E-state index in [0.717, 1.165) is 25.9 Å². The standard InChI is InChI=1S/C15H17ClFNO/c1-11-4-3-9-18(10-11)15(19)8-7-12-13(16)5-2-6-14(12)17/h2,5-8,11H,3-4,9-10H2,1H3/b8-7+. The van der Waals surface area contributed by atoms with E-state index in [1.54, 1.807) is 17.0 Å². The zero-order valence-electron chi connectivity index (χ0n) is 10.9. The molecule has 1 atom stereocenters. The third kappa shape index (κ3) is 3.57. The molecule has 1 aliphatic heterocycles. The van der Waals surface area contributed by atoms with Gasteiger partial charge in [-0.25, -0.2) is 4.39 Å². The van der Waals surface area contributed by atoms with Gasteiger partial charge >= 0.3 is 0 Å². The van der Waals surface area contributed by atoms with Crippen LogP contribution >= 0.6 is 11.6 Å². The molecule has 2 nitrogen and oxygen atoms in total.